The Morgan fingerprint density at radius 1 is 1.20 bits per heavy atom. The Kier molecular flexibility index (Phi) is 8.23. The summed E-state index contributed by atoms with van der Waals surface area (Å²) in [6.07, 6.45) is 7.62. The van der Waals surface area contributed by atoms with E-state index >= 15 is 0 Å². The van der Waals surface area contributed by atoms with Gasteiger partial charge in [0.15, 0.2) is 11.3 Å². The Morgan fingerprint density at radius 2 is 2.09 bits per heavy atom. The minimum atomic E-state index is -0.377. The van der Waals surface area contributed by atoms with Gasteiger partial charge in [-0.25, -0.2) is 14.2 Å². The zero-order chi connectivity index (χ0) is 30.6. The molecule has 5 aromatic rings. The lowest BCUT2D eigenvalue weighted by Gasteiger charge is -2.21. The maximum absolute atomic E-state index is 13.5. The number of hydrogen-bond acceptors (Lipinski definition) is 11. The Hall–Kier alpha value is -5.24. The van der Waals surface area contributed by atoms with Crippen LogP contribution >= 0.6 is 0 Å². The lowest BCUT2D eigenvalue weighted by Crippen LogP contribution is -2.36. The van der Waals surface area contributed by atoms with E-state index in [1.807, 2.05) is 31.3 Å². The first-order valence-corrected chi connectivity index (χ1v) is 14.4. The molecular weight excluding hydrogens is 566 g/mol. The van der Waals surface area contributed by atoms with E-state index in [0.29, 0.717) is 72.3 Å². The molecule has 0 fully saturated rings. The number of nitrogens with zero attached hydrogens (tertiary/aromatic N) is 7. The molecule has 228 valence electrons. The molecule has 1 aliphatic rings. The van der Waals surface area contributed by atoms with E-state index in [2.05, 4.69) is 25.7 Å². The molecule has 1 aliphatic heterocycles. The summed E-state index contributed by atoms with van der Waals surface area (Å²) in [6.45, 7) is 4.41. The molecular formula is C30H33N9O5. The van der Waals surface area contributed by atoms with Crippen LogP contribution in [0, 0.1) is 0 Å². The number of nitrogens with one attached hydrogen (secondary N) is 2. The van der Waals surface area contributed by atoms with Crippen molar-refractivity contribution in [2.45, 2.75) is 13.3 Å². The summed E-state index contributed by atoms with van der Waals surface area (Å²) in [7, 11) is 3.38. The second kappa shape index (κ2) is 12.6. The number of likely N-dealkylation sites (N-methyl/N-ethyl adjacent to an activating group) is 1. The summed E-state index contributed by atoms with van der Waals surface area (Å²) in [5.74, 6) is 0.527. The smallest absolute Gasteiger partial charge is 0.320 e. The summed E-state index contributed by atoms with van der Waals surface area (Å²) in [5.41, 5.74) is 4.24. The van der Waals surface area contributed by atoms with Crippen LogP contribution in [0.5, 0.6) is 11.5 Å². The minimum absolute atomic E-state index is 0.133. The van der Waals surface area contributed by atoms with E-state index in [-0.39, 0.29) is 24.1 Å². The molecule has 0 aliphatic carbocycles. The van der Waals surface area contributed by atoms with Crippen LogP contribution in [0.1, 0.15) is 23.8 Å². The number of pyridine rings is 1. The lowest BCUT2D eigenvalue weighted by atomic mass is 10.1. The molecule has 0 spiro atoms. The molecule has 14 heteroatoms. The fourth-order valence-electron chi connectivity index (χ4n) is 5.00. The second-order valence-electron chi connectivity index (χ2n) is 10.3. The van der Waals surface area contributed by atoms with Gasteiger partial charge in [0, 0.05) is 50.4 Å². The van der Waals surface area contributed by atoms with Gasteiger partial charge >= 0.3 is 5.97 Å². The zero-order valence-electron chi connectivity index (χ0n) is 24.7. The third kappa shape index (κ3) is 5.71. The van der Waals surface area contributed by atoms with Gasteiger partial charge in [0.1, 0.15) is 23.8 Å². The summed E-state index contributed by atoms with van der Waals surface area (Å²) in [5, 5.41) is 15.9. The van der Waals surface area contributed by atoms with Crippen molar-refractivity contribution >= 4 is 34.1 Å². The number of carbonyl (C=O) groups is 2. The first-order chi connectivity index (χ1) is 21.5. The van der Waals surface area contributed by atoms with Crippen molar-refractivity contribution in [2.24, 2.45) is 0 Å². The molecule has 0 saturated carbocycles. The Morgan fingerprint density at radius 3 is 2.93 bits per heavy atom. The van der Waals surface area contributed by atoms with Crippen molar-refractivity contribution in [1.29, 1.82) is 0 Å². The normalized spacial score (nSPS) is 12.5. The summed E-state index contributed by atoms with van der Waals surface area (Å²) in [6, 6.07) is 7.36. The number of methoxy groups -OCH3 is 1. The molecule has 44 heavy (non-hydrogen) atoms. The molecule has 0 radical (unpaired) electrons. The van der Waals surface area contributed by atoms with Crippen molar-refractivity contribution in [3.05, 3.63) is 54.7 Å². The van der Waals surface area contributed by atoms with Gasteiger partial charge in [-0.1, -0.05) is 6.92 Å². The monoisotopic (exact) mass is 599 g/mol. The maximum atomic E-state index is 13.5. The molecule has 5 heterocycles. The fourth-order valence-corrected chi connectivity index (χ4v) is 5.00. The van der Waals surface area contributed by atoms with Gasteiger partial charge in [-0.15, -0.1) is 0 Å². The highest BCUT2D eigenvalue weighted by molar-refractivity contribution is 6.05. The van der Waals surface area contributed by atoms with Crippen molar-refractivity contribution in [3.63, 3.8) is 0 Å². The Bertz CT molecular complexity index is 1830. The number of aromatic nitrogens is 6. The highest BCUT2D eigenvalue weighted by Crippen LogP contribution is 2.38. The van der Waals surface area contributed by atoms with Gasteiger partial charge in [-0.3, -0.25) is 19.5 Å². The van der Waals surface area contributed by atoms with E-state index in [4.69, 9.17) is 19.3 Å². The third-order valence-corrected chi connectivity index (χ3v) is 7.17. The number of esters is 1. The number of ether oxygens (including phenoxy) is 3. The topological polar surface area (TPSA) is 150 Å². The van der Waals surface area contributed by atoms with Crippen molar-refractivity contribution in [1.82, 2.24) is 39.6 Å². The van der Waals surface area contributed by atoms with Crippen LogP contribution < -0.4 is 20.1 Å². The molecule has 1 aromatic carbocycles. The van der Waals surface area contributed by atoms with Crippen molar-refractivity contribution in [2.75, 3.05) is 58.9 Å². The van der Waals surface area contributed by atoms with Crippen LogP contribution in [0.25, 0.3) is 33.5 Å². The maximum Gasteiger partial charge on any atom is 0.320 e. The molecule has 6 rings (SSSR count). The van der Waals surface area contributed by atoms with Gasteiger partial charge in [0.25, 0.3) is 5.91 Å². The zero-order valence-corrected chi connectivity index (χ0v) is 24.7. The minimum Gasteiger partial charge on any atom is -0.494 e. The van der Waals surface area contributed by atoms with E-state index in [1.165, 1.54) is 0 Å². The number of hydrogen-bond donors (Lipinski definition) is 2. The molecule has 0 atom stereocenters. The molecule has 2 N–H and O–H groups in total. The van der Waals surface area contributed by atoms with Gasteiger partial charge in [-0.2, -0.15) is 10.2 Å². The summed E-state index contributed by atoms with van der Waals surface area (Å²) >= 11 is 0. The van der Waals surface area contributed by atoms with Crippen LogP contribution in [0.4, 0.5) is 5.69 Å². The van der Waals surface area contributed by atoms with Gasteiger partial charge in [-0.05, 0) is 25.6 Å². The SMILES string of the molecule is CCCOC(=O)CN(C)CCNC(=O)c1nn(-c2cc3c(cc2OC)NCCO3)c2cc(-c3cnn4cccnc34)ncc12. The predicted molar refractivity (Wildman–Crippen MR) is 162 cm³/mol. The first kappa shape index (κ1) is 28.9. The standard InChI is InChI=1S/C30H33N9O5/c1-4-11-44-27(40)18-37(2)10-7-33-30(41)28-20-16-34-21(19-17-35-38-9-5-6-32-29(19)38)13-23(20)39(36-28)24-15-25-22(14-26(24)42-3)31-8-12-43-25/h5-6,9,13-17,31H,4,7-8,10-12,18H2,1-3H3,(H,33,41). The highest BCUT2D eigenvalue weighted by atomic mass is 16.5. The van der Waals surface area contributed by atoms with Crippen LogP contribution in [0.15, 0.2) is 49.1 Å². The van der Waals surface area contributed by atoms with Gasteiger partial charge < -0.3 is 24.8 Å². The number of carbonyl (C=O) groups excluding carboxylic acids is 2. The van der Waals surface area contributed by atoms with Crippen LogP contribution in [0.3, 0.4) is 0 Å². The van der Waals surface area contributed by atoms with Crippen molar-refractivity contribution in [3.8, 4) is 28.4 Å². The number of rotatable bonds is 11. The predicted octanol–water partition coefficient (Wildman–Crippen LogP) is 2.56. The Balaban J connectivity index is 1.36. The molecule has 0 unspecified atom stereocenters. The number of anilines is 1. The average Bonchev–Trinajstić information content (AvgIpc) is 3.65. The first-order valence-electron chi connectivity index (χ1n) is 14.4. The number of fused-ring (bicyclic) bond motifs is 3. The summed E-state index contributed by atoms with van der Waals surface area (Å²) in [4.78, 5) is 36.4. The Labute approximate surface area is 252 Å². The van der Waals surface area contributed by atoms with E-state index in [9.17, 15) is 9.59 Å². The fraction of sp³-hybridized carbons (Fsp3) is 0.333. The molecule has 0 bridgehead atoms. The molecule has 0 saturated heterocycles. The quantitative estimate of drug-likeness (QED) is 0.216. The average molecular weight is 600 g/mol. The van der Waals surface area contributed by atoms with E-state index in [0.717, 1.165) is 17.7 Å². The number of benzene rings is 1. The van der Waals surface area contributed by atoms with E-state index < -0.39 is 0 Å². The van der Waals surface area contributed by atoms with Crippen LogP contribution in [-0.2, 0) is 9.53 Å². The van der Waals surface area contributed by atoms with Crippen molar-refractivity contribution < 1.29 is 23.8 Å². The number of amides is 1. The van der Waals surface area contributed by atoms with Crippen LogP contribution in [-0.4, -0.2) is 99.7 Å². The summed E-state index contributed by atoms with van der Waals surface area (Å²) < 4.78 is 20.1. The molecule has 14 nitrogen and oxygen atoms in total. The third-order valence-electron chi connectivity index (χ3n) is 7.17. The lowest BCUT2D eigenvalue weighted by molar-refractivity contribution is -0.144. The van der Waals surface area contributed by atoms with Gasteiger partial charge in [0.05, 0.1) is 54.3 Å². The largest absolute Gasteiger partial charge is 0.494 e. The highest BCUT2D eigenvalue weighted by Gasteiger charge is 2.24. The molecule has 1 amide bonds. The second-order valence-corrected chi connectivity index (χ2v) is 10.3. The van der Waals surface area contributed by atoms with Gasteiger partial charge in [0.2, 0.25) is 0 Å². The van der Waals surface area contributed by atoms with Crippen LogP contribution in [0.2, 0.25) is 0 Å². The van der Waals surface area contributed by atoms with E-state index in [1.54, 1.807) is 52.9 Å². The molecule has 4 aromatic heterocycles.